The number of rotatable bonds is 7. The van der Waals surface area contributed by atoms with Crippen LogP contribution < -0.4 is 4.18 Å². The Morgan fingerprint density at radius 1 is 1.11 bits per heavy atom. The van der Waals surface area contributed by atoms with Crippen molar-refractivity contribution in [3.63, 3.8) is 0 Å². The SMILES string of the molecule is CCCC(CCC)c1ccc(OS(=O)(=O)O)cc1. The van der Waals surface area contributed by atoms with Crippen LogP contribution >= 0.6 is 0 Å². The molecule has 0 bridgehead atoms. The van der Waals surface area contributed by atoms with E-state index >= 15 is 0 Å². The van der Waals surface area contributed by atoms with Gasteiger partial charge in [0.05, 0.1) is 0 Å². The van der Waals surface area contributed by atoms with E-state index in [4.69, 9.17) is 4.55 Å². The Morgan fingerprint density at radius 2 is 1.61 bits per heavy atom. The van der Waals surface area contributed by atoms with Crippen molar-refractivity contribution in [3.05, 3.63) is 29.8 Å². The van der Waals surface area contributed by atoms with Gasteiger partial charge in [0, 0.05) is 0 Å². The number of hydrogen-bond donors (Lipinski definition) is 1. The standard InChI is InChI=1S/C13H20O4S/c1-3-5-11(6-4-2)12-7-9-13(10-8-12)17-18(14,15)16/h7-11H,3-6H2,1-2H3,(H,14,15,16). The first-order valence-corrected chi connectivity index (χ1v) is 7.59. The summed E-state index contributed by atoms with van der Waals surface area (Å²) in [6.45, 7) is 4.30. The minimum Gasteiger partial charge on any atom is -0.362 e. The summed E-state index contributed by atoms with van der Waals surface area (Å²) in [7, 11) is -4.43. The normalized spacial score (nSPS) is 11.8. The molecule has 1 N–H and O–H groups in total. The summed E-state index contributed by atoms with van der Waals surface area (Å²) in [5.74, 6) is 0.632. The average Bonchev–Trinajstić information content (AvgIpc) is 2.28. The lowest BCUT2D eigenvalue weighted by molar-refractivity contribution is 0.386. The molecule has 0 atom stereocenters. The van der Waals surface area contributed by atoms with Crippen LogP contribution in [0.2, 0.25) is 0 Å². The summed E-state index contributed by atoms with van der Waals surface area (Å²) in [4.78, 5) is 0. The molecule has 0 aliphatic rings. The van der Waals surface area contributed by atoms with E-state index in [9.17, 15) is 8.42 Å². The molecule has 0 fully saturated rings. The van der Waals surface area contributed by atoms with Gasteiger partial charge in [-0.3, -0.25) is 4.55 Å². The molecule has 0 amide bonds. The fourth-order valence-electron chi connectivity index (χ4n) is 2.09. The lowest BCUT2D eigenvalue weighted by Gasteiger charge is -2.15. The van der Waals surface area contributed by atoms with Crippen molar-refractivity contribution >= 4 is 10.4 Å². The Kier molecular flexibility index (Phi) is 5.62. The Bertz CT molecular complexity index is 444. The van der Waals surface area contributed by atoms with Gasteiger partial charge in [0.1, 0.15) is 5.75 Å². The van der Waals surface area contributed by atoms with Gasteiger partial charge in [-0.05, 0) is 36.5 Å². The van der Waals surface area contributed by atoms with E-state index < -0.39 is 10.4 Å². The van der Waals surface area contributed by atoms with Crippen LogP contribution in [0.15, 0.2) is 24.3 Å². The molecule has 0 aliphatic carbocycles. The molecule has 0 aromatic heterocycles. The molecule has 0 radical (unpaired) electrons. The molecular weight excluding hydrogens is 252 g/mol. The summed E-state index contributed by atoms with van der Waals surface area (Å²) in [5.41, 5.74) is 1.18. The van der Waals surface area contributed by atoms with E-state index in [1.54, 1.807) is 12.1 Å². The lowest BCUT2D eigenvalue weighted by atomic mass is 9.90. The van der Waals surface area contributed by atoms with E-state index in [1.807, 2.05) is 12.1 Å². The van der Waals surface area contributed by atoms with Gasteiger partial charge >= 0.3 is 10.4 Å². The molecule has 0 heterocycles. The second-order valence-electron chi connectivity index (χ2n) is 4.35. The summed E-state index contributed by atoms with van der Waals surface area (Å²) < 4.78 is 34.1. The quantitative estimate of drug-likeness (QED) is 0.771. The highest BCUT2D eigenvalue weighted by Gasteiger charge is 2.11. The van der Waals surface area contributed by atoms with Crippen LogP contribution in [0.4, 0.5) is 0 Å². The van der Waals surface area contributed by atoms with Crippen LogP contribution in [0, 0.1) is 0 Å². The van der Waals surface area contributed by atoms with Crippen LogP contribution in [-0.2, 0) is 10.4 Å². The minimum atomic E-state index is -4.43. The predicted octanol–water partition coefficient (Wildman–Crippen LogP) is 3.55. The van der Waals surface area contributed by atoms with Gasteiger partial charge in [0.2, 0.25) is 0 Å². The molecule has 18 heavy (non-hydrogen) atoms. The maximum Gasteiger partial charge on any atom is 0.446 e. The Labute approximate surface area is 109 Å². The summed E-state index contributed by atoms with van der Waals surface area (Å²) in [5, 5.41) is 0. The fourth-order valence-corrected chi connectivity index (χ4v) is 2.45. The first-order valence-electron chi connectivity index (χ1n) is 6.23. The molecule has 4 nitrogen and oxygen atoms in total. The zero-order valence-electron chi connectivity index (χ0n) is 10.8. The van der Waals surface area contributed by atoms with Crippen LogP contribution in [0.1, 0.15) is 51.0 Å². The molecule has 5 heteroatoms. The monoisotopic (exact) mass is 272 g/mol. The topological polar surface area (TPSA) is 63.6 Å². The largest absolute Gasteiger partial charge is 0.446 e. The number of benzene rings is 1. The van der Waals surface area contributed by atoms with E-state index in [0.717, 1.165) is 25.7 Å². The summed E-state index contributed by atoms with van der Waals surface area (Å²) >= 11 is 0. The van der Waals surface area contributed by atoms with Crippen LogP contribution in [0.3, 0.4) is 0 Å². The third-order valence-corrected chi connectivity index (χ3v) is 3.23. The van der Waals surface area contributed by atoms with Crippen molar-refractivity contribution < 1.29 is 17.2 Å². The summed E-state index contributed by atoms with van der Waals surface area (Å²) in [6, 6.07) is 6.86. The van der Waals surface area contributed by atoms with Crippen molar-refractivity contribution in [2.45, 2.75) is 45.4 Å². The Morgan fingerprint density at radius 3 is 2.00 bits per heavy atom. The highest BCUT2D eigenvalue weighted by molar-refractivity contribution is 7.81. The van der Waals surface area contributed by atoms with Crippen LogP contribution in [-0.4, -0.2) is 13.0 Å². The molecule has 0 saturated heterocycles. The molecule has 0 unspecified atom stereocenters. The van der Waals surface area contributed by atoms with Gasteiger partial charge in [0.25, 0.3) is 0 Å². The third kappa shape index (κ3) is 5.06. The van der Waals surface area contributed by atoms with Gasteiger partial charge < -0.3 is 4.18 Å². The Balaban J connectivity index is 2.79. The van der Waals surface area contributed by atoms with E-state index in [-0.39, 0.29) is 5.75 Å². The van der Waals surface area contributed by atoms with Crippen molar-refractivity contribution in [1.82, 2.24) is 0 Å². The molecule has 1 rings (SSSR count). The van der Waals surface area contributed by atoms with E-state index in [2.05, 4.69) is 18.0 Å². The van der Waals surface area contributed by atoms with Gasteiger partial charge in [-0.15, -0.1) is 0 Å². The van der Waals surface area contributed by atoms with E-state index in [0.29, 0.717) is 5.92 Å². The molecule has 1 aromatic rings. The maximum absolute atomic E-state index is 10.6. The maximum atomic E-state index is 10.6. The van der Waals surface area contributed by atoms with Crippen molar-refractivity contribution in [3.8, 4) is 5.75 Å². The van der Waals surface area contributed by atoms with Gasteiger partial charge in [-0.2, -0.15) is 8.42 Å². The van der Waals surface area contributed by atoms with Crippen molar-refractivity contribution in [2.24, 2.45) is 0 Å². The van der Waals surface area contributed by atoms with Gasteiger partial charge in [-0.1, -0.05) is 38.8 Å². The zero-order valence-corrected chi connectivity index (χ0v) is 11.6. The lowest BCUT2D eigenvalue weighted by Crippen LogP contribution is -2.06. The van der Waals surface area contributed by atoms with Crippen molar-refractivity contribution in [1.29, 1.82) is 0 Å². The fraction of sp³-hybridized carbons (Fsp3) is 0.538. The first-order chi connectivity index (χ1) is 8.46. The highest BCUT2D eigenvalue weighted by atomic mass is 32.3. The van der Waals surface area contributed by atoms with Gasteiger partial charge in [0.15, 0.2) is 0 Å². The Hall–Kier alpha value is -1.07. The molecule has 0 saturated carbocycles. The van der Waals surface area contributed by atoms with E-state index in [1.165, 1.54) is 5.56 Å². The predicted molar refractivity (Wildman–Crippen MR) is 71.2 cm³/mol. The van der Waals surface area contributed by atoms with Gasteiger partial charge in [-0.25, -0.2) is 0 Å². The molecule has 0 spiro atoms. The third-order valence-electron chi connectivity index (χ3n) is 2.83. The summed E-state index contributed by atoms with van der Waals surface area (Å²) in [6.07, 6.45) is 4.47. The first kappa shape index (κ1) is 15.0. The second kappa shape index (κ2) is 6.75. The molecule has 102 valence electrons. The van der Waals surface area contributed by atoms with Crippen LogP contribution in [0.25, 0.3) is 0 Å². The number of hydrogen-bond acceptors (Lipinski definition) is 3. The smallest absolute Gasteiger partial charge is 0.362 e. The molecule has 1 aromatic carbocycles. The molecular formula is C13H20O4S. The molecule has 0 aliphatic heterocycles. The highest BCUT2D eigenvalue weighted by Crippen LogP contribution is 2.27. The average molecular weight is 272 g/mol. The minimum absolute atomic E-state index is 0.132. The van der Waals surface area contributed by atoms with Crippen molar-refractivity contribution in [2.75, 3.05) is 0 Å². The second-order valence-corrected chi connectivity index (χ2v) is 5.38. The zero-order chi connectivity index (χ0) is 13.6. The van der Waals surface area contributed by atoms with Crippen LogP contribution in [0.5, 0.6) is 5.75 Å².